The summed E-state index contributed by atoms with van der Waals surface area (Å²) in [5.74, 6) is 1.44. The zero-order chi connectivity index (χ0) is 7.82. The maximum absolute atomic E-state index is 11.6. The minimum atomic E-state index is 0.471. The lowest BCUT2D eigenvalue weighted by Crippen LogP contribution is -1.98. The van der Waals surface area contributed by atoms with Crippen LogP contribution in [-0.4, -0.2) is 5.75 Å². The Bertz CT molecular complexity index is 66.3. The van der Waals surface area contributed by atoms with E-state index in [9.17, 15) is 3.89 Å². The fourth-order valence-corrected chi connectivity index (χ4v) is 1.59. The summed E-state index contributed by atoms with van der Waals surface area (Å²) in [6.45, 7) is 4.37. The monoisotopic (exact) mass is 164 g/mol. The molecule has 0 aliphatic heterocycles. The van der Waals surface area contributed by atoms with Crippen molar-refractivity contribution in [2.75, 3.05) is 5.75 Å². The van der Waals surface area contributed by atoms with E-state index in [0.29, 0.717) is 17.9 Å². The summed E-state index contributed by atoms with van der Waals surface area (Å²) >= 11 is 0.471. The third-order valence-electron chi connectivity index (χ3n) is 1.88. The van der Waals surface area contributed by atoms with Crippen LogP contribution in [0.3, 0.4) is 0 Å². The number of halogens is 1. The van der Waals surface area contributed by atoms with E-state index < -0.39 is 0 Å². The molecule has 0 saturated heterocycles. The van der Waals surface area contributed by atoms with E-state index in [-0.39, 0.29) is 0 Å². The topological polar surface area (TPSA) is 0 Å². The van der Waals surface area contributed by atoms with Crippen molar-refractivity contribution in [2.24, 2.45) is 5.92 Å². The highest BCUT2D eigenvalue weighted by molar-refractivity contribution is 7.94. The fourth-order valence-electron chi connectivity index (χ4n) is 1.17. The predicted molar refractivity (Wildman–Crippen MR) is 46.9 cm³/mol. The van der Waals surface area contributed by atoms with Gasteiger partial charge < -0.3 is 0 Å². The highest BCUT2D eigenvalue weighted by Crippen LogP contribution is 2.18. The van der Waals surface area contributed by atoms with Crippen LogP contribution in [0.2, 0.25) is 0 Å². The maximum atomic E-state index is 11.6. The van der Waals surface area contributed by atoms with Gasteiger partial charge in [0.1, 0.15) is 0 Å². The standard InChI is InChI=1S/C8H17FS/c1-3-5-8(4-2)6-7-10-9/h8H,3-7H2,1-2H3. The van der Waals surface area contributed by atoms with Crippen LogP contribution in [0.15, 0.2) is 0 Å². The first kappa shape index (κ1) is 10.3. The van der Waals surface area contributed by atoms with E-state index in [1.165, 1.54) is 19.3 Å². The summed E-state index contributed by atoms with van der Waals surface area (Å²) in [5.41, 5.74) is 0. The smallest absolute Gasteiger partial charge is 0.0443 e. The Morgan fingerprint density at radius 1 is 1.30 bits per heavy atom. The molecule has 0 saturated carbocycles. The average molecular weight is 164 g/mol. The number of rotatable bonds is 6. The van der Waals surface area contributed by atoms with Crippen molar-refractivity contribution >= 4 is 12.1 Å². The van der Waals surface area contributed by atoms with Crippen LogP contribution in [0.25, 0.3) is 0 Å². The number of hydrogen-bond donors (Lipinski definition) is 0. The maximum Gasteiger partial charge on any atom is 0.0443 e. The summed E-state index contributed by atoms with van der Waals surface area (Å²) in [5, 5.41) is 0. The molecule has 0 nitrogen and oxygen atoms in total. The van der Waals surface area contributed by atoms with Crippen molar-refractivity contribution in [3.8, 4) is 0 Å². The van der Waals surface area contributed by atoms with Crippen molar-refractivity contribution in [1.82, 2.24) is 0 Å². The molecule has 0 aliphatic rings. The minimum absolute atomic E-state index is 0.471. The third-order valence-corrected chi connectivity index (χ3v) is 2.27. The highest BCUT2D eigenvalue weighted by Gasteiger charge is 2.03. The molecule has 0 aliphatic carbocycles. The zero-order valence-corrected chi connectivity index (χ0v) is 7.72. The van der Waals surface area contributed by atoms with Crippen LogP contribution in [0, 0.1) is 5.92 Å². The lowest BCUT2D eigenvalue weighted by molar-refractivity contribution is 0.453. The Morgan fingerprint density at radius 3 is 2.40 bits per heavy atom. The molecule has 10 heavy (non-hydrogen) atoms. The summed E-state index contributed by atoms with van der Waals surface area (Å²) in [6, 6.07) is 0. The molecule has 0 aromatic carbocycles. The second-order valence-electron chi connectivity index (χ2n) is 2.66. The molecule has 2 heteroatoms. The number of hydrogen-bond acceptors (Lipinski definition) is 1. The molecule has 62 valence electrons. The third kappa shape index (κ3) is 5.10. The van der Waals surface area contributed by atoms with Gasteiger partial charge in [0.05, 0.1) is 0 Å². The summed E-state index contributed by atoms with van der Waals surface area (Å²) in [6.07, 6.45) is 4.74. The lowest BCUT2D eigenvalue weighted by atomic mass is 9.98. The molecule has 0 fully saturated rings. The van der Waals surface area contributed by atoms with Gasteiger partial charge in [0.2, 0.25) is 0 Å². The lowest BCUT2D eigenvalue weighted by Gasteiger charge is -2.10. The molecular weight excluding hydrogens is 147 g/mol. The van der Waals surface area contributed by atoms with Crippen molar-refractivity contribution in [1.29, 1.82) is 0 Å². The van der Waals surface area contributed by atoms with Crippen LogP contribution in [0.1, 0.15) is 39.5 Å². The van der Waals surface area contributed by atoms with Crippen molar-refractivity contribution < 1.29 is 3.89 Å². The van der Waals surface area contributed by atoms with E-state index >= 15 is 0 Å². The first-order valence-corrected chi connectivity index (χ1v) is 4.97. The molecule has 0 spiro atoms. The molecule has 0 N–H and O–H groups in total. The Morgan fingerprint density at radius 2 is 2.00 bits per heavy atom. The van der Waals surface area contributed by atoms with Gasteiger partial charge in [0.25, 0.3) is 0 Å². The molecule has 0 heterocycles. The summed E-state index contributed by atoms with van der Waals surface area (Å²) < 4.78 is 11.6. The highest BCUT2D eigenvalue weighted by atomic mass is 32.2. The van der Waals surface area contributed by atoms with E-state index in [1.807, 2.05) is 0 Å². The molecular formula is C8H17FS. The Kier molecular flexibility index (Phi) is 7.59. The van der Waals surface area contributed by atoms with Crippen LogP contribution >= 0.6 is 12.1 Å². The quantitative estimate of drug-likeness (QED) is 0.575. The van der Waals surface area contributed by atoms with E-state index in [2.05, 4.69) is 13.8 Å². The van der Waals surface area contributed by atoms with Gasteiger partial charge in [0.15, 0.2) is 0 Å². The van der Waals surface area contributed by atoms with Gasteiger partial charge in [-0.15, -0.1) is 0 Å². The van der Waals surface area contributed by atoms with Crippen LogP contribution < -0.4 is 0 Å². The largest absolute Gasteiger partial charge is 0.165 e. The molecule has 0 aromatic rings. The normalized spacial score (nSPS) is 13.5. The second-order valence-corrected chi connectivity index (χ2v) is 3.29. The van der Waals surface area contributed by atoms with Gasteiger partial charge in [-0.2, -0.15) is 3.89 Å². The molecule has 1 unspecified atom stereocenters. The van der Waals surface area contributed by atoms with Gasteiger partial charge in [-0.25, -0.2) is 0 Å². The first-order chi connectivity index (χ1) is 4.85. The predicted octanol–water partition coefficient (Wildman–Crippen LogP) is 3.82. The van der Waals surface area contributed by atoms with Gasteiger partial charge in [-0.05, 0) is 12.3 Å². The van der Waals surface area contributed by atoms with Crippen molar-refractivity contribution in [3.63, 3.8) is 0 Å². The van der Waals surface area contributed by atoms with Crippen molar-refractivity contribution in [2.45, 2.75) is 39.5 Å². The molecule has 0 radical (unpaired) electrons. The van der Waals surface area contributed by atoms with Crippen molar-refractivity contribution in [3.05, 3.63) is 0 Å². The summed E-state index contributed by atoms with van der Waals surface area (Å²) in [7, 11) is 0. The van der Waals surface area contributed by atoms with Crippen LogP contribution in [-0.2, 0) is 0 Å². The Labute approximate surface area is 67.9 Å². The van der Waals surface area contributed by atoms with Crippen LogP contribution in [0.5, 0.6) is 0 Å². The average Bonchev–Trinajstić information content (AvgIpc) is 1.98. The molecule has 1 atom stereocenters. The Hall–Kier alpha value is 0.280. The van der Waals surface area contributed by atoms with E-state index in [1.54, 1.807) is 0 Å². The molecule has 0 aromatic heterocycles. The molecule has 0 rings (SSSR count). The van der Waals surface area contributed by atoms with Gasteiger partial charge in [-0.3, -0.25) is 0 Å². The minimum Gasteiger partial charge on any atom is -0.165 e. The molecule has 0 bridgehead atoms. The van der Waals surface area contributed by atoms with E-state index in [4.69, 9.17) is 0 Å². The van der Waals surface area contributed by atoms with Crippen LogP contribution in [0.4, 0.5) is 3.89 Å². The van der Waals surface area contributed by atoms with E-state index in [0.717, 1.165) is 12.3 Å². The van der Waals surface area contributed by atoms with Gasteiger partial charge in [-0.1, -0.05) is 33.1 Å². The second kappa shape index (κ2) is 7.39. The molecule has 0 amide bonds. The zero-order valence-electron chi connectivity index (χ0n) is 6.90. The fraction of sp³-hybridized carbons (Fsp3) is 1.00. The SMILES string of the molecule is CCCC(CC)CCSF. The summed E-state index contributed by atoms with van der Waals surface area (Å²) in [4.78, 5) is 0. The first-order valence-electron chi connectivity index (χ1n) is 4.08. The Balaban J connectivity index is 3.21. The van der Waals surface area contributed by atoms with Gasteiger partial charge in [0, 0.05) is 17.9 Å². The van der Waals surface area contributed by atoms with Gasteiger partial charge >= 0.3 is 0 Å².